The SMILES string of the molecule is CCC(C(=O)NCCOc1ccc(F)cc1)N(c1cccc(Cl)c1)S(C)(=O)=O. The molecule has 2 rings (SSSR count). The molecule has 1 unspecified atom stereocenters. The van der Waals surface area contributed by atoms with Crippen LogP contribution < -0.4 is 14.4 Å². The number of carbonyl (C=O) groups excluding carboxylic acids is 1. The molecule has 0 heterocycles. The van der Waals surface area contributed by atoms with Gasteiger partial charge in [0.05, 0.1) is 18.5 Å². The summed E-state index contributed by atoms with van der Waals surface area (Å²) in [5.74, 6) is -0.344. The number of hydrogen-bond donors (Lipinski definition) is 1. The first-order valence-electron chi connectivity index (χ1n) is 8.63. The van der Waals surface area contributed by atoms with E-state index < -0.39 is 22.0 Å². The van der Waals surface area contributed by atoms with Crippen molar-refractivity contribution < 1.29 is 22.3 Å². The molecule has 0 saturated carbocycles. The van der Waals surface area contributed by atoms with E-state index in [0.29, 0.717) is 16.5 Å². The second-order valence-electron chi connectivity index (χ2n) is 6.06. The Morgan fingerprint density at radius 1 is 1.25 bits per heavy atom. The topological polar surface area (TPSA) is 75.7 Å². The Morgan fingerprint density at radius 2 is 1.93 bits per heavy atom. The average molecular weight is 429 g/mol. The van der Waals surface area contributed by atoms with Crippen LogP contribution in [0.5, 0.6) is 5.75 Å². The number of sulfonamides is 1. The van der Waals surface area contributed by atoms with Crippen molar-refractivity contribution in [2.45, 2.75) is 19.4 Å². The first kappa shape index (κ1) is 22.0. The lowest BCUT2D eigenvalue weighted by Crippen LogP contribution is -2.50. The lowest BCUT2D eigenvalue weighted by atomic mass is 10.2. The largest absolute Gasteiger partial charge is 0.492 e. The van der Waals surface area contributed by atoms with Crippen LogP contribution in [0.15, 0.2) is 48.5 Å². The van der Waals surface area contributed by atoms with Crippen molar-refractivity contribution in [2.75, 3.05) is 23.7 Å². The van der Waals surface area contributed by atoms with Crippen molar-refractivity contribution in [3.8, 4) is 5.75 Å². The summed E-state index contributed by atoms with van der Waals surface area (Å²) >= 11 is 5.97. The molecule has 0 saturated heterocycles. The molecule has 1 N–H and O–H groups in total. The highest BCUT2D eigenvalue weighted by Gasteiger charge is 2.31. The number of amides is 1. The molecule has 0 bridgehead atoms. The van der Waals surface area contributed by atoms with E-state index in [1.54, 1.807) is 25.1 Å². The Morgan fingerprint density at radius 3 is 2.50 bits per heavy atom. The molecule has 1 amide bonds. The van der Waals surface area contributed by atoms with Crippen molar-refractivity contribution in [3.63, 3.8) is 0 Å². The lowest BCUT2D eigenvalue weighted by molar-refractivity contribution is -0.122. The van der Waals surface area contributed by atoms with Gasteiger partial charge in [0.2, 0.25) is 15.9 Å². The van der Waals surface area contributed by atoms with Gasteiger partial charge in [0.1, 0.15) is 24.2 Å². The van der Waals surface area contributed by atoms with Gasteiger partial charge in [-0.1, -0.05) is 24.6 Å². The van der Waals surface area contributed by atoms with Gasteiger partial charge in [0.25, 0.3) is 0 Å². The average Bonchev–Trinajstić information content (AvgIpc) is 2.63. The fourth-order valence-electron chi connectivity index (χ4n) is 2.67. The number of benzene rings is 2. The van der Waals surface area contributed by atoms with Crippen LogP contribution in [-0.2, 0) is 14.8 Å². The maximum absolute atomic E-state index is 12.9. The first-order chi connectivity index (χ1) is 13.2. The van der Waals surface area contributed by atoms with Crippen molar-refractivity contribution in [3.05, 3.63) is 59.4 Å². The highest BCUT2D eigenvalue weighted by molar-refractivity contribution is 7.92. The number of hydrogen-bond acceptors (Lipinski definition) is 4. The minimum atomic E-state index is -3.72. The number of ether oxygens (including phenoxy) is 1. The summed E-state index contributed by atoms with van der Waals surface area (Å²) in [6, 6.07) is 10.9. The summed E-state index contributed by atoms with van der Waals surface area (Å²) in [7, 11) is -3.72. The van der Waals surface area contributed by atoms with Gasteiger partial charge in [-0.15, -0.1) is 0 Å². The molecule has 2 aromatic rings. The molecule has 6 nitrogen and oxygen atoms in total. The summed E-state index contributed by atoms with van der Waals surface area (Å²) in [4.78, 5) is 12.6. The van der Waals surface area contributed by atoms with Crippen LogP contribution in [0, 0.1) is 5.82 Å². The van der Waals surface area contributed by atoms with E-state index in [1.807, 2.05) is 0 Å². The molecule has 9 heteroatoms. The Labute approximate surface area is 169 Å². The fourth-order valence-corrected chi connectivity index (χ4v) is 4.05. The molecule has 152 valence electrons. The molecule has 0 aliphatic carbocycles. The van der Waals surface area contributed by atoms with E-state index in [-0.39, 0.29) is 25.4 Å². The molecular weight excluding hydrogens is 407 g/mol. The molecular formula is C19H22ClFN2O4S. The maximum Gasteiger partial charge on any atom is 0.244 e. The number of nitrogens with one attached hydrogen (secondary N) is 1. The Balaban J connectivity index is 2.04. The van der Waals surface area contributed by atoms with Gasteiger partial charge in [-0.2, -0.15) is 0 Å². The van der Waals surface area contributed by atoms with Gasteiger partial charge >= 0.3 is 0 Å². The Bertz CT molecular complexity index is 906. The smallest absolute Gasteiger partial charge is 0.244 e. The van der Waals surface area contributed by atoms with Crippen LogP contribution in [0.4, 0.5) is 10.1 Å². The summed E-state index contributed by atoms with van der Waals surface area (Å²) < 4.78 is 44.0. The third kappa shape index (κ3) is 6.10. The standard InChI is InChI=1S/C19H22ClFN2O4S/c1-3-18(23(28(2,25)26)16-6-4-5-14(20)13-16)19(24)22-11-12-27-17-9-7-15(21)8-10-17/h4-10,13,18H,3,11-12H2,1-2H3,(H,22,24). The summed E-state index contributed by atoms with van der Waals surface area (Å²) in [5.41, 5.74) is 0.319. The van der Waals surface area contributed by atoms with Crippen molar-refractivity contribution in [2.24, 2.45) is 0 Å². The van der Waals surface area contributed by atoms with Gasteiger partial charge in [-0.25, -0.2) is 12.8 Å². The summed E-state index contributed by atoms with van der Waals surface area (Å²) in [6.07, 6.45) is 1.31. The lowest BCUT2D eigenvalue weighted by Gasteiger charge is -2.30. The predicted molar refractivity (Wildman–Crippen MR) is 108 cm³/mol. The summed E-state index contributed by atoms with van der Waals surface area (Å²) in [6.45, 7) is 2.05. The summed E-state index contributed by atoms with van der Waals surface area (Å²) in [5, 5.41) is 3.04. The molecule has 0 aromatic heterocycles. The van der Waals surface area contributed by atoms with Crippen LogP contribution in [-0.4, -0.2) is 39.8 Å². The molecule has 0 aliphatic heterocycles. The highest BCUT2D eigenvalue weighted by atomic mass is 35.5. The van der Waals surface area contributed by atoms with Crippen LogP contribution in [0.3, 0.4) is 0 Å². The van der Waals surface area contributed by atoms with Gasteiger partial charge in [0, 0.05) is 5.02 Å². The van der Waals surface area contributed by atoms with E-state index in [2.05, 4.69) is 5.32 Å². The van der Waals surface area contributed by atoms with Gasteiger partial charge in [-0.05, 0) is 48.9 Å². The van der Waals surface area contributed by atoms with Crippen LogP contribution in [0.25, 0.3) is 0 Å². The van der Waals surface area contributed by atoms with Gasteiger partial charge in [0.15, 0.2) is 0 Å². The third-order valence-electron chi connectivity index (χ3n) is 3.88. The monoisotopic (exact) mass is 428 g/mol. The molecule has 0 spiro atoms. The van der Waals surface area contributed by atoms with Crippen LogP contribution >= 0.6 is 11.6 Å². The molecule has 1 atom stereocenters. The number of anilines is 1. The van der Waals surface area contributed by atoms with E-state index >= 15 is 0 Å². The molecule has 28 heavy (non-hydrogen) atoms. The predicted octanol–water partition coefficient (Wildman–Crippen LogP) is 3.22. The number of carbonyl (C=O) groups is 1. The zero-order chi connectivity index (χ0) is 20.7. The number of halogens is 2. The second-order valence-corrected chi connectivity index (χ2v) is 8.35. The van der Waals surface area contributed by atoms with Crippen LogP contribution in [0.2, 0.25) is 5.02 Å². The van der Waals surface area contributed by atoms with E-state index in [9.17, 15) is 17.6 Å². The quantitative estimate of drug-likeness (QED) is 0.622. The highest BCUT2D eigenvalue weighted by Crippen LogP contribution is 2.25. The molecule has 2 aromatic carbocycles. The Hall–Kier alpha value is -2.32. The van der Waals surface area contributed by atoms with E-state index in [4.69, 9.17) is 16.3 Å². The zero-order valence-corrected chi connectivity index (χ0v) is 17.1. The first-order valence-corrected chi connectivity index (χ1v) is 10.9. The maximum atomic E-state index is 12.9. The van der Waals surface area contributed by atoms with E-state index in [0.717, 1.165) is 10.6 Å². The Kier molecular flexibility index (Phi) is 7.65. The van der Waals surface area contributed by atoms with Crippen molar-refractivity contribution in [1.82, 2.24) is 5.32 Å². The van der Waals surface area contributed by atoms with E-state index in [1.165, 1.54) is 30.3 Å². The van der Waals surface area contributed by atoms with Crippen LogP contribution in [0.1, 0.15) is 13.3 Å². The molecule has 0 radical (unpaired) electrons. The third-order valence-corrected chi connectivity index (χ3v) is 5.29. The van der Waals surface area contributed by atoms with Gasteiger partial charge in [-0.3, -0.25) is 9.10 Å². The zero-order valence-electron chi connectivity index (χ0n) is 15.6. The normalized spacial score (nSPS) is 12.3. The number of nitrogens with zero attached hydrogens (tertiary/aromatic N) is 1. The minimum absolute atomic E-state index is 0.157. The fraction of sp³-hybridized carbons (Fsp3) is 0.316. The number of rotatable bonds is 9. The minimum Gasteiger partial charge on any atom is -0.492 e. The molecule has 0 aliphatic rings. The molecule has 0 fully saturated rings. The second kappa shape index (κ2) is 9.75. The van der Waals surface area contributed by atoms with Gasteiger partial charge < -0.3 is 10.1 Å². The van der Waals surface area contributed by atoms with Crippen molar-refractivity contribution in [1.29, 1.82) is 0 Å². The van der Waals surface area contributed by atoms with Crippen molar-refractivity contribution >= 4 is 33.2 Å².